The number of aryl methyl sites for hydroxylation is 1. The van der Waals surface area contributed by atoms with Gasteiger partial charge in [-0.3, -0.25) is 4.90 Å². The molecular weight excluding hydrogens is 462 g/mol. The van der Waals surface area contributed by atoms with Crippen molar-refractivity contribution in [2.45, 2.75) is 33.4 Å². The number of nitrogens with zero attached hydrogens (tertiary/aromatic N) is 7. The van der Waals surface area contributed by atoms with E-state index in [0.717, 1.165) is 44.5 Å². The Balaban J connectivity index is 1.38. The van der Waals surface area contributed by atoms with Gasteiger partial charge in [-0.05, 0) is 51.6 Å². The van der Waals surface area contributed by atoms with Crippen LogP contribution in [0.25, 0.3) is 22.2 Å². The molecule has 0 radical (unpaired) electrons. The van der Waals surface area contributed by atoms with E-state index in [1.807, 2.05) is 25.3 Å². The summed E-state index contributed by atoms with van der Waals surface area (Å²) in [5.41, 5.74) is 2.58. The van der Waals surface area contributed by atoms with Gasteiger partial charge in [0.25, 0.3) is 0 Å². The first-order valence-corrected chi connectivity index (χ1v) is 12.1. The third-order valence-electron chi connectivity index (χ3n) is 6.56. The highest BCUT2D eigenvalue weighted by atomic mass is 19.1. The molecule has 0 amide bonds. The standard InChI is InChI=1S/C26H30F2N8/c1-16(2)36-17(3)32-25-21(27)9-19(10-23(25)36)20-11-24(29-14-22(20)28)33-26-30-12-18(13-31-26)15-35-7-5-34(4)6-8-35/h9-14,16H,5-8,15H2,1-4H3,(H,29,30,31,33). The monoisotopic (exact) mass is 492 g/mol. The zero-order valence-electron chi connectivity index (χ0n) is 21.0. The van der Waals surface area contributed by atoms with Crippen LogP contribution in [0.15, 0.2) is 36.8 Å². The molecule has 1 aliphatic rings. The highest BCUT2D eigenvalue weighted by Gasteiger charge is 2.18. The maximum atomic E-state index is 14.9. The van der Waals surface area contributed by atoms with Crippen molar-refractivity contribution in [3.05, 3.63) is 59.8 Å². The van der Waals surface area contributed by atoms with Crippen LogP contribution in [0.3, 0.4) is 0 Å². The van der Waals surface area contributed by atoms with Gasteiger partial charge in [0.15, 0.2) is 5.82 Å². The second-order valence-corrected chi connectivity index (χ2v) is 9.62. The van der Waals surface area contributed by atoms with Gasteiger partial charge in [-0.2, -0.15) is 0 Å². The number of hydrogen-bond acceptors (Lipinski definition) is 7. The molecule has 5 rings (SSSR count). The quantitative estimate of drug-likeness (QED) is 0.423. The zero-order valence-corrected chi connectivity index (χ0v) is 21.0. The molecular formula is C26H30F2N8. The number of rotatable bonds is 6. The van der Waals surface area contributed by atoms with E-state index in [0.29, 0.717) is 28.7 Å². The number of benzene rings is 1. The molecule has 10 heteroatoms. The fraction of sp³-hybridized carbons (Fsp3) is 0.385. The third kappa shape index (κ3) is 4.91. The van der Waals surface area contributed by atoms with Gasteiger partial charge in [0.2, 0.25) is 5.95 Å². The van der Waals surface area contributed by atoms with Crippen LogP contribution in [0.1, 0.15) is 31.3 Å². The van der Waals surface area contributed by atoms with Gasteiger partial charge in [-0.15, -0.1) is 0 Å². The first-order chi connectivity index (χ1) is 17.3. The number of halogens is 2. The van der Waals surface area contributed by atoms with Crippen LogP contribution < -0.4 is 5.32 Å². The number of fused-ring (bicyclic) bond motifs is 1. The normalized spacial score (nSPS) is 15.2. The van der Waals surface area contributed by atoms with Gasteiger partial charge in [-0.25, -0.2) is 28.7 Å². The van der Waals surface area contributed by atoms with Crippen LogP contribution >= 0.6 is 0 Å². The molecule has 1 aromatic carbocycles. The molecule has 1 aliphatic heterocycles. The van der Waals surface area contributed by atoms with Crippen LogP contribution in [-0.2, 0) is 6.54 Å². The summed E-state index contributed by atoms with van der Waals surface area (Å²) < 4.78 is 31.7. The Bertz CT molecular complexity index is 1380. The Morgan fingerprint density at radius 3 is 2.36 bits per heavy atom. The number of pyridine rings is 1. The molecule has 36 heavy (non-hydrogen) atoms. The van der Waals surface area contributed by atoms with Crippen molar-refractivity contribution >= 4 is 22.8 Å². The second kappa shape index (κ2) is 9.87. The number of hydrogen-bond donors (Lipinski definition) is 1. The SMILES string of the molecule is Cc1nc2c(F)cc(-c3cc(Nc4ncc(CN5CCN(C)CC5)cn4)ncc3F)cc2n1C(C)C. The highest BCUT2D eigenvalue weighted by molar-refractivity contribution is 5.84. The zero-order chi connectivity index (χ0) is 25.4. The highest BCUT2D eigenvalue weighted by Crippen LogP contribution is 2.32. The number of piperazine rings is 1. The topological polar surface area (TPSA) is 75.0 Å². The Morgan fingerprint density at radius 1 is 0.944 bits per heavy atom. The Hall–Kier alpha value is -3.50. The Labute approximate surface area is 209 Å². The van der Waals surface area contributed by atoms with E-state index in [1.165, 1.54) is 6.07 Å². The largest absolute Gasteiger partial charge is 0.326 e. The summed E-state index contributed by atoms with van der Waals surface area (Å²) >= 11 is 0. The molecule has 188 valence electrons. The average molecular weight is 493 g/mol. The van der Waals surface area contributed by atoms with E-state index in [-0.39, 0.29) is 17.1 Å². The molecule has 0 bridgehead atoms. The van der Waals surface area contributed by atoms with Gasteiger partial charge in [-0.1, -0.05) is 0 Å². The lowest BCUT2D eigenvalue weighted by molar-refractivity contribution is 0.148. The first kappa shape index (κ1) is 24.2. The van der Waals surface area contributed by atoms with Crippen LogP contribution in [0.4, 0.5) is 20.5 Å². The predicted molar refractivity (Wildman–Crippen MR) is 136 cm³/mol. The minimum Gasteiger partial charge on any atom is -0.326 e. The van der Waals surface area contributed by atoms with Gasteiger partial charge in [0, 0.05) is 62.3 Å². The van der Waals surface area contributed by atoms with E-state index in [2.05, 4.69) is 42.1 Å². The minimum absolute atomic E-state index is 0.0838. The lowest BCUT2D eigenvalue weighted by Gasteiger charge is -2.32. The predicted octanol–water partition coefficient (Wildman–Crippen LogP) is 4.55. The van der Waals surface area contributed by atoms with Crippen molar-refractivity contribution in [1.82, 2.24) is 34.3 Å². The molecule has 0 spiro atoms. The number of imidazole rings is 1. The van der Waals surface area contributed by atoms with Crippen LogP contribution in [0, 0.1) is 18.6 Å². The van der Waals surface area contributed by atoms with Crippen LogP contribution in [-0.4, -0.2) is 67.5 Å². The maximum absolute atomic E-state index is 14.9. The summed E-state index contributed by atoms with van der Waals surface area (Å²) in [6.45, 7) is 10.8. The van der Waals surface area contributed by atoms with Crippen LogP contribution in [0.2, 0.25) is 0 Å². The fourth-order valence-corrected chi connectivity index (χ4v) is 4.68. The molecule has 0 unspecified atom stereocenters. The van der Waals surface area contributed by atoms with Gasteiger partial charge in [0.1, 0.15) is 23.0 Å². The summed E-state index contributed by atoms with van der Waals surface area (Å²) in [7, 11) is 2.13. The van der Waals surface area contributed by atoms with E-state index >= 15 is 0 Å². The molecule has 0 atom stereocenters. The summed E-state index contributed by atoms with van der Waals surface area (Å²) in [5, 5.41) is 3.03. The molecule has 3 aromatic heterocycles. The van der Waals surface area contributed by atoms with Crippen molar-refractivity contribution < 1.29 is 8.78 Å². The van der Waals surface area contributed by atoms with Gasteiger partial charge >= 0.3 is 0 Å². The molecule has 0 aliphatic carbocycles. The average Bonchev–Trinajstić information content (AvgIpc) is 3.19. The molecule has 1 N–H and O–H groups in total. The number of likely N-dealkylation sites (N-methyl/N-ethyl adjacent to an activating group) is 1. The Kier molecular flexibility index (Phi) is 6.63. The molecule has 8 nitrogen and oxygen atoms in total. The van der Waals surface area contributed by atoms with Crippen LogP contribution in [0.5, 0.6) is 0 Å². The number of nitrogens with one attached hydrogen (secondary N) is 1. The van der Waals surface area contributed by atoms with Gasteiger partial charge in [0.05, 0.1) is 11.7 Å². The molecule has 4 heterocycles. The first-order valence-electron chi connectivity index (χ1n) is 12.1. The molecule has 1 saturated heterocycles. The van der Waals surface area contributed by atoms with Gasteiger partial charge < -0.3 is 14.8 Å². The van der Waals surface area contributed by atoms with E-state index in [4.69, 9.17) is 0 Å². The van der Waals surface area contributed by atoms with Crippen molar-refractivity contribution in [2.75, 3.05) is 38.5 Å². The number of aromatic nitrogens is 5. The summed E-state index contributed by atoms with van der Waals surface area (Å²) in [5.74, 6) is 0.400. The third-order valence-corrected chi connectivity index (χ3v) is 6.56. The summed E-state index contributed by atoms with van der Waals surface area (Å²) in [4.78, 5) is 22.0. The maximum Gasteiger partial charge on any atom is 0.228 e. The van der Waals surface area contributed by atoms with E-state index in [9.17, 15) is 8.78 Å². The van der Waals surface area contributed by atoms with E-state index in [1.54, 1.807) is 24.5 Å². The van der Waals surface area contributed by atoms with E-state index < -0.39 is 11.6 Å². The molecule has 4 aromatic rings. The minimum atomic E-state index is -0.546. The molecule has 0 saturated carbocycles. The lowest BCUT2D eigenvalue weighted by Crippen LogP contribution is -2.43. The van der Waals surface area contributed by atoms with Crippen molar-refractivity contribution in [2.24, 2.45) is 0 Å². The summed E-state index contributed by atoms with van der Waals surface area (Å²) in [6.07, 6.45) is 4.69. The van der Waals surface area contributed by atoms with Crippen molar-refractivity contribution in [1.29, 1.82) is 0 Å². The number of anilines is 2. The fourth-order valence-electron chi connectivity index (χ4n) is 4.68. The van der Waals surface area contributed by atoms with Crippen molar-refractivity contribution in [3.63, 3.8) is 0 Å². The smallest absolute Gasteiger partial charge is 0.228 e. The lowest BCUT2D eigenvalue weighted by atomic mass is 10.0. The summed E-state index contributed by atoms with van der Waals surface area (Å²) in [6, 6.07) is 4.70. The van der Waals surface area contributed by atoms with Crippen molar-refractivity contribution in [3.8, 4) is 11.1 Å². The second-order valence-electron chi connectivity index (χ2n) is 9.62. The molecule has 1 fully saturated rings. The Morgan fingerprint density at radius 2 is 1.67 bits per heavy atom.